The number of amides is 1. The van der Waals surface area contributed by atoms with Crippen LogP contribution >= 0.6 is 11.8 Å². The first kappa shape index (κ1) is 20.8. The molecule has 1 amide bonds. The van der Waals surface area contributed by atoms with E-state index in [0.29, 0.717) is 29.0 Å². The van der Waals surface area contributed by atoms with Crippen molar-refractivity contribution in [3.05, 3.63) is 48.5 Å². The van der Waals surface area contributed by atoms with Crippen LogP contribution in [-0.2, 0) is 9.53 Å². The van der Waals surface area contributed by atoms with Crippen LogP contribution in [-0.4, -0.2) is 52.0 Å². The molecule has 2 atom stereocenters. The van der Waals surface area contributed by atoms with E-state index in [1.54, 1.807) is 0 Å². The van der Waals surface area contributed by atoms with Crippen molar-refractivity contribution in [2.45, 2.75) is 36.3 Å². The summed E-state index contributed by atoms with van der Waals surface area (Å²) >= 11 is 1.38. The summed E-state index contributed by atoms with van der Waals surface area (Å²) < 4.78 is 18.5. The van der Waals surface area contributed by atoms with E-state index in [9.17, 15) is 4.79 Å². The number of rotatable bonds is 7. The fourth-order valence-electron chi connectivity index (χ4n) is 3.75. The third-order valence-corrected chi connectivity index (χ3v) is 6.50. The molecule has 2 aromatic carbocycles. The number of nitrogens with zero attached hydrogens (tertiary/aromatic N) is 3. The molecule has 0 radical (unpaired) electrons. The summed E-state index contributed by atoms with van der Waals surface area (Å²) in [5.41, 5.74) is 1.77. The quantitative estimate of drug-likeness (QED) is 0.550. The number of benzene rings is 2. The van der Waals surface area contributed by atoms with E-state index in [1.807, 2.05) is 60.0 Å². The highest BCUT2D eigenvalue weighted by atomic mass is 32.2. The van der Waals surface area contributed by atoms with Crippen molar-refractivity contribution < 1.29 is 19.0 Å². The van der Waals surface area contributed by atoms with Gasteiger partial charge in [-0.15, -0.1) is 10.2 Å². The Morgan fingerprint density at radius 3 is 2.84 bits per heavy atom. The van der Waals surface area contributed by atoms with Crippen molar-refractivity contribution in [2.24, 2.45) is 0 Å². The summed E-state index contributed by atoms with van der Waals surface area (Å²) in [5, 5.41) is 12.2. The van der Waals surface area contributed by atoms with Gasteiger partial charge in [-0.2, -0.15) is 0 Å². The van der Waals surface area contributed by atoms with Crippen LogP contribution in [0.25, 0.3) is 17.1 Å². The lowest BCUT2D eigenvalue weighted by atomic mass is 10.2. The first-order chi connectivity index (χ1) is 15.7. The van der Waals surface area contributed by atoms with Gasteiger partial charge in [0.2, 0.25) is 12.7 Å². The average molecular weight is 453 g/mol. The molecule has 0 saturated carbocycles. The molecule has 0 bridgehead atoms. The van der Waals surface area contributed by atoms with Crippen LogP contribution in [0.1, 0.15) is 19.8 Å². The normalized spacial score (nSPS) is 18.0. The predicted molar refractivity (Wildman–Crippen MR) is 120 cm³/mol. The SMILES string of the molecule is C[C@H](Sc1nnc(-c2ccc3c(c2)OCO3)n1-c1ccccc1)C(=O)NC[C@@H]1CCCO1. The van der Waals surface area contributed by atoms with E-state index in [4.69, 9.17) is 14.2 Å². The second kappa shape index (κ2) is 9.22. The van der Waals surface area contributed by atoms with Crippen LogP contribution in [0.3, 0.4) is 0 Å². The van der Waals surface area contributed by atoms with Crippen molar-refractivity contribution in [3.63, 3.8) is 0 Å². The highest BCUT2D eigenvalue weighted by Crippen LogP contribution is 2.37. The number of aromatic nitrogens is 3. The molecule has 1 fully saturated rings. The minimum atomic E-state index is -0.340. The molecule has 1 saturated heterocycles. The Kier molecular flexibility index (Phi) is 6.00. The third-order valence-electron chi connectivity index (χ3n) is 5.46. The molecule has 2 aliphatic rings. The molecule has 0 aliphatic carbocycles. The van der Waals surface area contributed by atoms with Crippen LogP contribution in [0.2, 0.25) is 0 Å². The van der Waals surface area contributed by atoms with Gasteiger partial charge in [0.05, 0.1) is 11.4 Å². The van der Waals surface area contributed by atoms with Gasteiger partial charge in [0, 0.05) is 24.4 Å². The number of hydrogen-bond acceptors (Lipinski definition) is 7. The smallest absolute Gasteiger partial charge is 0.233 e. The molecule has 8 nitrogen and oxygen atoms in total. The number of carbonyl (C=O) groups excluding carboxylic acids is 1. The zero-order chi connectivity index (χ0) is 21.9. The van der Waals surface area contributed by atoms with Gasteiger partial charge < -0.3 is 19.5 Å². The fraction of sp³-hybridized carbons (Fsp3) is 0.348. The lowest BCUT2D eigenvalue weighted by Gasteiger charge is -2.15. The molecule has 3 heterocycles. The molecule has 9 heteroatoms. The van der Waals surface area contributed by atoms with E-state index < -0.39 is 0 Å². The molecular formula is C23H24N4O4S. The summed E-state index contributed by atoms with van der Waals surface area (Å²) in [6.45, 7) is 3.40. The summed E-state index contributed by atoms with van der Waals surface area (Å²) in [6, 6.07) is 15.6. The van der Waals surface area contributed by atoms with Crippen LogP contribution in [0.15, 0.2) is 53.7 Å². The largest absolute Gasteiger partial charge is 0.454 e. The molecular weight excluding hydrogens is 428 g/mol. The summed E-state index contributed by atoms with van der Waals surface area (Å²) in [6.07, 6.45) is 2.15. The summed E-state index contributed by atoms with van der Waals surface area (Å²) in [4.78, 5) is 12.7. The highest BCUT2D eigenvalue weighted by Gasteiger charge is 2.24. The van der Waals surface area contributed by atoms with Crippen molar-refractivity contribution in [2.75, 3.05) is 19.9 Å². The van der Waals surface area contributed by atoms with Crippen molar-refractivity contribution >= 4 is 17.7 Å². The number of carbonyl (C=O) groups is 1. The Morgan fingerprint density at radius 1 is 1.19 bits per heavy atom. The first-order valence-electron chi connectivity index (χ1n) is 10.7. The maximum absolute atomic E-state index is 12.7. The van der Waals surface area contributed by atoms with Crippen LogP contribution in [0, 0.1) is 0 Å². The van der Waals surface area contributed by atoms with E-state index in [2.05, 4.69) is 15.5 Å². The van der Waals surface area contributed by atoms with Crippen LogP contribution in [0.4, 0.5) is 0 Å². The Labute approximate surface area is 190 Å². The summed E-state index contributed by atoms with van der Waals surface area (Å²) in [7, 11) is 0. The second-order valence-electron chi connectivity index (χ2n) is 7.69. The van der Waals surface area contributed by atoms with Gasteiger partial charge in [0.25, 0.3) is 0 Å². The molecule has 0 spiro atoms. The van der Waals surface area contributed by atoms with E-state index in [-0.39, 0.29) is 24.1 Å². The van der Waals surface area contributed by atoms with Crippen molar-refractivity contribution in [1.29, 1.82) is 0 Å². The van der Waals surface area contributed by atoms with E-state index in [0.717, 1.165) is 30.7 Å². The Morgan fingerprint density at radius 2 is 2.03 bits per heavy atom. The molecule has 1 N–H and O–H groups in total. The van der Waals surface area contributed by atoms with Gasteiger partial charge in [-0.05, 0) is 50.1 Å². The molecule has 166 valence electrons. The fourth-order valence-corrected chi connectivity index (χ4v) is 4.65. The molecule has 0 unspecified atom stereocenters. The van der Waals surface area contributed by atoms with Gasteiger partial charge in [-0.3, -0.25) is 9.36 Å². The van der Waals surface area contributed by atoms with Gasteiger partial charge >= 0.3 is 0 Å². The van der Waals surface area contributed by atoms with Crippen LogP contribution in [0.5, 0.6) is 11.5 Å². The second-order valence-corrected chi connectivity index (χ2v) is 8.99. The molecule has 2 aliphatic heterocycles. The standard InChI is InChI=1S/C23H24N4O4S/c1-15(22(28)24-13-18-8-5-11-29-18)32-23-26-25-21(27(23)17-6-3-2-4-7-17)16-9-10-19-20(12-16)31-14-30-19/h2-4,6-7,9-10,12,15,18H,5,8,11,13-14H2,1H3,(H,24,28)/t15-,18-/m0/s1. The van der Waals surface area contributed by atoms with E-state index in [1.165, 1.54) is 11.8 Å². The van der Waals surface area contributed by atoms with Crippen molar-refractivity contribution in [1.82, 2.24) is 20.1 Å². The lowest BCUT2D eigenvalue weighted by molar-refractivity contribution is -0.120. The predicted octanol–water partition coefficient (Wildman–Crippen LogP) is 3.44. The molecule has 5 rings (SSSR count). The minimum absolute atomic E-state index is 0.0438. The monoisotopic (exact) mass is 452 g/mol. The summed E-state index contributed by atoms with van der Waals surface area (Å²) in [5.74, 6) is 2.02. The number of ether oxygens (including phenoxy) is 3. The molecule has 32 heavy (non-hydrogen) atoms. The lowest BCUT2D eigenvalue weighted by Crippen LogP contribution is -2.36. The average Bonchev–Trinajstić information content (AvgIpc) is 3.58. The topological polar surface area (TPSA) is 87.5 Å². The number of nitrogens with one attached hydrogen (secondary N) is 1. The van der Waals surface area contributed by atoms with Crippen molar-refractivity contribution in [3.8, 4) is 28.6 Å². The maximum atomic E-state index is 12.7. The minimum Gasteiger partial charge on any atom is -0.454 e. The Hall–Kier alpha value is -3.04. The highest BCUT2D eigenvalue weighted by molar-refractivity contribution is 8.00. The van der Waals surface area contributed by atoms with Gasteiger partial charge in [-0.1, -0.05) is 30.0 Å². The Balaban J connectivity index is 1.40. The van der Waals surface area contributed by atoms with E-state index >= 15 is 0 Å². The third kappa shape index (κ3) is 4.31. The Bertz CT molecular complexity index is 1100. The molecule has 1 aromatic heterocycles. The van der Waals surface area contributed by atoms with Gasteiger partial charge in [0.1, 0.15) is 0 Å². The number of thioether (sulfide) groups is 1. The maximum Gasteiger partial charge on any atom is 0.233 e. The van der Waals surface area contributed by atoms with Gasteiger partial charge in [-0.25, -0.2) is 0 Å². The number of hydrogen-bond donors (Lipinski definition) is 1. The van der Waals surface area contributed by atoms with Gasteiger partial charge in [0.15, 0.2) is 22.5 Å². The molecule has 3 aromatic rings. The zero-order valence-corrected chi connectivity index (χ0v) is 18.5. The first-order valence-corrected chi connectivity index (χ1v) is 11.5. The number of fused-ring (bicyclic) bond motifs is 1. The number of para-hydroxylation sites is 1. The zero-order valence-electron chi connectivity index (χ0n) is 17.7. The van der Waals surface area contributed by atoms with Crippen LogP contribution < -0.4 is 14.8 Å².